The Bertz CT molecular complexity index is 2260. The molecular weight excluding hydrogens is 588 g/mol. The van der Waals surface area contributed by atoms with Gasteiger partial charge >= 0.3 is 0 Å². The molecule has 5 aromatic rings. The van der Waals surface area contributed by atoms with Crippen molar-refractivity contribution >= 4 is 11.1 Å². The maximum absolute atomic E-state index is 14.1. The lowest BCUT2D eigenvalue weighted by Crippen LogP contribution is -1.90. The van der Waals surface area contributed by atoms with E-state index in [9.17, 15) is 28.1 Å². The largest absolute Gasteiger partial charge is 0.270 e. The molecule has 0 unspecified atom stereocenters. The van der Waals surface area contributed by atoms with Crippen molar-refractivity contribution in [1.29, 1.82) is 10.5 Å². The summed E-state index contributed by atoms with van der Waals surface area (Å²) in [5.74, 6) is -3.98. The van der Waals surface area contributed by atoms with Gasteiger partial charge in [0.05, 0.1) is 25.3 Å². The van der Waals surface area contributed by atoms with Crippen LogP contribution >= 0.6 is 0 Å². The van der Waals surface area contributed by atoms with Crippen molar-refractivity contribution in [2.24, 2.45) is 0 Å². The fourth-order valence-corrected chi connectivity index (χ4v) is 6.22. The molecule has 0 saturated heterocycles. The summed E-state index contributed by atoms with van der Waals surface area (Å²) in [6.45, 7) is 15.5. The van der Waals surface area contributed by atoms with E-state index >= 15 is 0 Å². The molecule has 0 spiro atoms. The van der Waals surface area contributed by atoms with Crippen molar-refractivity contribution in [3.63, 3.8) is 0 Å². The predicted molar refractivity (Wildman–Crippen MR) is 164 cm³/mol. The molecule has 2 aliphatic carbocycles. The second-order valence-electron chi connectivity index (χ2n) is 10.6. The molecule has 0 aliphatic heterocycles. The van der Waals surface area contributed by atoms with Gasteiger partial charge in [0.25, 0.3) is 11.4 Å². The molecule has 0 saturated carbocycles. The van der Waals surface area contributed by atoms with Crippen LogP contribution in [0.5, 0.6) is 0 Å². The Morgan fingerprint density at radius 3 is 1.13 bits per heavy atom. The highest BCUT2D eigenvalue weighted by Gasteiger charge is 2.33. The highest BCUT2D eigenvalue weighted by Crippen LogP contribution is 2.54. The average Bonchev–Trinajstić information content (AvgIpc) is 3.55. The van der Waals surface area contributed by atoms with Crippen LogP contribution in [-0.4, -0.2) is 0 Å². The molecule has 0 heterocycles. The number of hydrogen-bond donors (Lipinski definition) is 0. The molecule has 0 radical (unpaired) electrons. The third-order valence-electron chi connectivity index (χ3n) is 8.27. The fraction of sp³-hybridized carbons (Fsp3) is 0. The lowest BCUT2D eigenvalue weighted by atomic mass is 9.95. The first-order valence-electron chi connectivity index (χ1n) is 13.7. The van der Waals surface area contributed by atoms with Crippen LogP contribution in [0.2, 0.25) is 0 Å². The Kier molecular flexibility index (Phi) is 6.38. The van der Waals surface area contributed by atoms with Gasteiger partial charge in [-0.2, -0.15) is 0 Å². The first kappa shape index (κ1) is 28.1. The van der Waals surface area contributed by atoms with Crippen molar-refractivity contribution in [2.45, 2.75) is 0 Å². The van der Waals surface area contributed by atoms with E-state index in [-0.39, 0.29) is 11.4 Å². The van der Waals surface area contributed by atoms with E-state index in [0.717, 1.165) is 24.3 Å². The van der Waals surface area contributed by atoms with Crippen LogP contribution in [0.1, 0.15) is 22.3 Å². The normalized spacial score (nSPS) is 14.1. The number of rotatable bonds is 2. The Hall–Kier alpha value is -6.74. The Balaban J connectivity index is 1.48. The molecule has 0 bridgehead atoms. The summed E-state index contributed by atoms with van der Waals surface area (Å²) >= 11 is 0. The van der Waals surface area contributed by atoms with Crippen molar-refractivity contribution in [1.82, 2.24) is 0 Å². The number of halogens is 4. The summed E-state index contributed by atoms with van der Waals surface area (Å²) in [5.41, 5.74) is 7.28. The van der Waals surface area contributed by atoms with Gasteiger partial charge < -0.3 is 0 Å². The van der Waals surface area contributed by atoms with E-state index < -0.39 is 23.3 Å². The lowest BCUT2D eigenvalue weighted by molar-refractivity contribution is 0.509. The molecule has 0 fully saturated rings. The van der Waals surface area contributed by atoms with Gasteiger partial charge in [-0.25, -0.2) is 37.8 Å². The van der Waals surface area contributed by atoms with E-state index in [2.05, 4.69) is 9.69 Å². The minimum absolute atomic E-state index is 0.163. The van der Waals surface area contributed by atoms with Gasteiger partial charge in [0.1, 0.15) is 0 Å². The quantitative estimate of drug-likeness (QED) is 0.112. The predicted octanol–water partition coefficient (Wildman–Crippen LogP) is 9.94. The molecule has 46 heavy (non-hydrogen) atoms. The van der Waals surface area contributed by atoms with Crippen LogP contribution in [0.15, 0.2) is 96.3 Å². The summed E-state index contributed by atoms with van der Waals surface area (Å²) in [6, 6.07) is 25.2. The van der Waals surface area contributed by atoms with Gasteiger partial charge in [0.2, 0.25) is 0 Å². The molecular formula is C38H14F4N4. The number of benzene rings is 5. The Labute approximate surface area is 260 Å². The van der Waals surface area contributed by atoms with Crippen molar-refractivity contribution in [2.75, 3.05) is 0 Å². The Morgan fingerprint density at radius 2 is 0.783 bits per heavy atom. The highest BCUT2D eigenvalue weighted by molar-refractivity contribution is 6.11. The molecule has 214 valence electrons. The van der Waals surface area contributed by atoms with Crippen LogP contribution < -0.4 is 0 Å². The zero-order chi connectivity index (χ0) is 32.3. The summed E-state index contributed by atoms with van der Waals surface area (Å²) in [7, 11) is 0. The summed E-state index contributed by atoms with van der Waals surface area (Å²) in [4.78, 5) is 6.98. The van der Waals surface area contributed by atoms with E-state index in [1.807, 2.05) is 24.3 Å². The monoisotopic (exact) mass is 602 g/mol. The molecule has 7 rings (SSSR count). The van der Waals surface area contributed by atoms with Gasteiger partial charge in [0.15, 0.2) is 23.3 Å². The Morgan fingerprint density at radius 1 is 0.435 bits per heavy atom. The highest BCUT2D eigenvalue weighted by atomic mass is 19.2. The zero-order valence-corrected chi connectivity index (χ0v) is 23.4. The molecule has 4 nitrogen and oxygen atoms in total. The van der Waals surface area contributed by atoms with Crippen LogP contribution in [0.4, 0.5) is 17.6 Å². The topological polar surface area (TPSA) is 56.3 Å². The molecule has 0 aromatic heterocycles. The molecule has 0 amide bonds. The van der Waals surface area contributed by atoms with Crippen LogP contribution in [0.25, 0.3) is 65.3 Å². The van der Waals surface area contributed by atoms with Crippen LogP contribution in [-0.2, 0) is 0 Å². The van der Waals surface area contributed by atoms with Gasteiger partial charge in [-0.05, 0) is 115 Å². The molecule has 2 aliphatic rings. The summed E-state index contributed by atoms with van der Waals surface area (Å²) in [5, 5.41) is 19.9. The molecule has 5 aromatic carbocycles. The van der Waals surface area contributed by atoms with E-state index in [1.165, 1.54) is 12.1 Å². The second kappa shape index (κ2) is 10.5. The molecule has 8 heteroatoms. The number of allylic oxidation sites excluding steroid dienone is 2. The maximum Gasteiger partial charge on any atom is 0.270 e. The minimum Gasteiger partial charge on any atom is -0.226 e. The minimum atomic E-state index is -1.01. The molecule has 0 N–H and O–H groups in total. The zero-order valence-electron chi connectivity index (χ0n) is 23.4. The van der Waals surface area contributed by atoms with E-state index in [0.29, 0.717) is 77.9 Å². The number of nitriles is 2. The van der Waals surface area contributed by atoms with Crippen molar-refractivity contribution < 1.29 is 17.6 Å². The maximum atomic E-state index is 14.1. The first-order valence-corrected chi connectivity index (χ1v) is 13.7. The van der Waals surface area contributed by atoms with Crippen molar-refractivity contribution in [3.8, 4) is 56.6 Å². The van der Waals surface area contributed by atoms with E-state index in [1.54, 1.807) is 36.4 Å². The van der Waals surface area contributed by atoms with Gasteiger partial charge in [-0.1, -0.05) is 36.4 Å². The van der Waals surface area contributed by atoms with Gasteiger partial charge in [-0.15, -0.1) is 0 Å². The number of hydrogen-bond acceptors (Lipinski definition) is 2. The lowest BCUT2D eigenvalue weighted by Gasteiger charge is -2.09. The summed E-state index contributed by atoms with van der Waals surface area (Å²) < 4.78 is 55.5. The smallest absolute Gasteiger partial charge is 0.226 e. The van der Waals surface area contributed by atoms with Crippen LogP contribution in [0, 0.1) is 59.1 Å². The van der Waals surface area contributed by atoms with Gasteiger partial charge in [-0.3, -0.25) is 0 Å². The first-order chi connectivity index (χ1) is 22.3. The third kappa shape index (κ3) is 4.10. The standard InChI is InChI=1S/C38H14F4N4/c1-45-35(17-43)37-27-11-19(21-5-9-31(39)33(41)13-21)3-7-23(27)25-16-30-26(15-29(25)37)24-8-4-20(22-6-10-32(40)34(42)14-22)12-28(24)38(30)36(18-44)46-2/h3-16H. The van der Waals surface area contributed by atoms with Crippen molar-refractivity contribution in [3.05, 3.63) is 165 Å². The fourth-order valence-electron chi connectivity index (χ4n) is 6.22. The molecule has 0 atom stereocenters. The van der Waals surface area contributed by atoms with E-state index in [4.69, 9.17) is 13.1 Å². The van der Waals surface area contributed by atoms with Gasteiger partial charge in [0, 0.05) is 11.1 Å². The van der Waals surface area contributed by atoms with Crippen LogP contribution in [0.3, 0.4) is 0 Å². The average molecular weight is 603 g/mol. The SMILES string of the molecule is [C-]#[N+]C(C#N)=C1c2cc(-c3ccc(F)c(F)c3)ccc2-c2cc3c(cc21)-c1ccc(-c2ccc(F)c(F)c2)cc1C3=C(C#N)[N+]#[C-]. The number of nitrogens with zero attached hydrogens (tertiary/aromatic N) is 4. The third-order valence-corrected chi connectivity index (χ3v) is 8.27. The number of fused-ring (bicyclic) bond motifs is 6. The summed E-state index contributed by atoms with van der Waals surface area (Å²) in [6.07, 6.45) is 0. The second-order valence-corrected chi connectivity index (χ2v) is 10.6.